The number of fused-ring (bicyclic) bond motifs is 1. The van der Waals surface area contributed by atoms with Crippen molar-refractivity contribution in [3.05, 3.63) is 48.0 Å². The zero-order valence-corrected chi connectivity index (χ0v) is 20.1. The Hall–Kier alpha value is -3.00. The summed E-state index contributed by atoms with van der Waals surface area (Å²) >= 11 is 0. The summed E-state index contributed by atoms with van der Waals surface area (Å²) < 4.78 is 22.1. The number of pyridine rings is 1. The Morgan fingerprint density at radius 3 is 2.56 bits per heavy atom. The van der Waals surface area contributed by atoms with E-state index in [0.717, 1.165) is 48.2 Å². The Bertz CT molecular complexity index is 1210. The van der Waals surface area contributed by atoms with E-state index in [4.69, 9.17) is 24.3 Å². The Kier molecular flexibility index (Phi) is 7.46. The van der Waals surface area contributed by atoms with Gasteiger partial charge in [0.25, 0.3) is 0 Å². The molecule has 1 fully saturated rings. The molecule has 0 amide bonds. The molecule has 0 bridgehead atoms. The number of anilines is 1. The van der Waals surface area contributed by atoms with Crippen LogP contribution in [0.3, 0.4) is 0 Å². The first kappa shape index (κ1) is 24.1. The second-order valence-corrected chi connectivity index (χ2v) is 10.1. The molecule has 9 nitrogen and oxygen atoms in total. The summed E-state index contributed by atoms with van der Waals surface area (Å²) in [4.78, 5) is 36.2. The lowest BCUT2D eigenvalue weighted by atomic mass is 9.94. The first-order chi connectivity index (χ1) is 16.4. The Labute approximate surface area is 198 Å². The maximum atomic E-state index is 11.1. The summed E-state index contributed by atoms with van der Waals surface area (Å²) in [5.74, 6) is 2.80. The number of piperidine rings is 1. The molecule has 0 spiro atoms. The molecule has 1 saturated heterocycles. The normalized spacial score (nSPS) is 16.6. The van der Waals surface area contributed by atoms with Crippen molar-refractivity contribution in [2.45, 2.75) is 19.3 Å². The molecule has 1 aliphatic heterocycles. The summed E-state index contributed by atoms with van der Waals surface area (Å²) in [6.07, 6.45) is 9.21. The van der Waals surface area contributed by atoms with Crippen LogP contribution < -0.4 is 19.3 Å². The molecule has 0 saturated carbocycles. The van der Waals surface area contributed by atoms with Gasteiger partial charge in [-0.15, -0.1) is 0 Å². The first-order valence-electron chi connectivity index (χ1n) is 11.2. The van der Waals surface area contributed by atoms with Crippen LogP contribution in [0.15, 0.2) is 36.7 Å². The van der Waals surface area contributed by atoms with Gasteiger partial charge in [-0.25, -0.2) is 9.97 Å². The van der Waals surface area contributed by atoms with Crippen LogP contribution in [0.4, 0.5) is 5.82 Å². The average Bonchev–Trinajstić information content (AvgIpc) is 2.85. The SMILES string of the molecule is COc1cc2nc(/C=C/c3cccnc3)nc(N3CCC(CCP(=O)([O-])O)CC3)c2cc1OC. The first-order valence-corrected chi connectivity index (χ1v) is 12.9. The quantitative estimate of drug-likeness (QED) is 0.481. The van der Waals surface area contributed by atoms with Crippen LogP contribution in [0.1, 0.15) is 30.7 Å². The zero-order chi connectivity index (χ0) is 24.1. The lowest BCUT2D eigenvalue weighted by Gasteiger charge is -2.34. The molecular formula is C24H28N4O5P-. The van der Waals surface area contributed by atoms with E-state index in [2.05, 4.69) is 9.88 Å². The van der Waals surface area contributed by atoms with Gasteiger partial charge in [-0.3, -0.25) is 4.98 Å². The van der Waals surface area contributed by atoms with Crippen LogP contribution in [0.2, 0.25) is 0 Å². The van der Waals surface area contributed by atoms with Crippen molar-refractivity contribution in [1.82, 2.24) is 15.0 Å². The Morgan fingerprint density at radius 1 is 1.18 bits per heavy atom. The van der Waals surface area contributed by atoms with Crippen molar-refractivity contribution in [2.75, 3.05) is 38.4 Å². The molecule has 1 atom stereocenters. The molecule has 4 rings (SSSR count). The Morgan fingerprint density at radius 2 is 1.91 bits per heavy atom. The van der Waals surface area contributed by atoms with Gasteiger partial charge in [-0.05, 0) is 55.0 Å². The van der Waals surface area contributed by atoms with Crippen molar-refractivity contribution < 1.29 is 23.8 Å². The molecule has 3 heterocycles. The number of aromatic nitrogens is 3. The molecule has 0 radical (unpaired) electrons. The third-order valence-corrected chi connectivity index (χ3v) is 6.86. The smallest absolute Gasteiger partial charge is 0.162 e. The molecule has 3 aromatic rings. The van der Waals surface area contributed by atoms with Crippen LogP contribution in [-0.2, 0) is 4.57 Å². The molecule has 1 N–H and O–H groups in total. The van der Waals surface area contributed by atoms with Gasteiger partial charge in [0.05, 0.1) is 19.7 Å². The summed E-state index contributed by atoms with van der Waals surface area (Å²) in [5, 5.41) is 0.856. The minimum atomic E-state index is -4.22. The molecule has 0 aliphatic carbocycles. The standard InChI is InChI=1S/C24H29N4O5P/c1-32-21-14-19-20(15-22(21)33-2)26-23(6-5-18-4-3-10-25-16-18)27-24(19)28-11-7-17(8-12-28)9-13-34(29,30)31/h3-6,10,14-17H,7-9,11-13H2,1-2H3,(H2,29,30,31)/p-1/b6-5+. The van der Waals surface area contributed by atoms with Gasteiger partial charge in [-0.2, -0.15) is 0 Å². The van der Waals surface area contributed by atoms with Crippen molar-refractivity contribution in [3.63, 3.8) is 0 Å². The summed E-state index contributed by atoms with van der Waals surface area (Å²) in [7, 11) is -1.03. The van der Waals surface area contributed by atoms with Gasteiger partial charge in [-0.1, -0.05) is 6.07 Å². The predicted octanol–water partition coefficient (Wildman–Crippen LogP) is 3.36. The van der Waals surface area contributed by atoms with E-state index in [1.54, 1.807) is 26.6 Å². The fraction of sp³-hybridized carbons (Fsp3) is 0.375. The van der Waals surface area contributed by atoms with Crippen LogP contribution in [0.5, 0.6) is 11.5 Å². The van der Waals surface area contributed by atoms with Crippen molar-refractivity contribution in [1.29, 1.82) is 0 Å². The number of rotatable bonds is 8. The van der Waals surface area contributed by atoms with Gasteiger partial charge in [0.1, 0.15) is 13.4 Å². The Balaban J connectivity index is 1.66. The van der Waals surface area contributed by atoms with Crippen molar-refractivity contribution in [3.8, 4) is 11.5 Å². The minimum Gasteiger partial charge on any atom is -0.779 e. The number of methoxy groups -OCH3 is 2. The molecule has 1 aliphatic rings. The fourth-order valence-corrected chi connectivity index (χ4v) is 4.89. The molecule has 2 aromatic heterocycles. The highest BCUT2D eigenvalue weighted by atomic mass is 31.2. The second-order valence-electron chi connectivity index (χ2n) is 8.33. The second kappa shape index (κ2) is 10.5. The number of ether oxygens (including phenoxy) is 2. The number of nitrogens with zero attached hydrogens (tertiary/aromatic N) is 4. The van der Waals surface area contributed by atoms with Crippen LogP contribution >= 0.6 is 7.60 Å². The van der Waals surface area contributed by atoms with Crippen molar-refractivity contribution >= 4 is 36.5 Å². The topological polar surface area (TPSA) is 121 Å². The molecule has 1 aromatic carbocycles. The van der Waals surface area contributed by atoms with Gasteiger partial charge < -0.3 is 28.7 Å². The maximum Gasteiger partial charge on any atom is 0.162 e. The largest absolute Gasteiger partial charge is 0.779 e. The number of benzene rings is 1. The highest BCUT2D eigenvalue weighted by Crippen LogP contribution is 2.38. The van der Waals surface area contributed by atoms with E-state index in [1.807, 2.05) is 36.4 Å². The molecule has 10 heteroatoms. The van der Waals surface area contributed by atoms with Gasteiger partial charge in [0.15, 0.2) is 17.3 Å². The molecular weight excluding hydrogens is 455 g/mol. The third-order valence-electron chi connectivity index (χ3n) is 6.04. The van der Waals surface area contributed by atoms with Crippen molar-refractivity contribution in [2.24, 2.45) is 5.92 Å². The molecule has 180 valence electrons. The highest BCUT2D eigenvalue weighted by molar-refractivity contribution is 7.50. The van der Waals surface area contributed by atoms with Crippen LogP contribution in [0.25, 0.3) is 23.1 Å². The lowest BCUT2D eigenvalue weighted by molar-refractivity contribution is -0.193. The van der Waals surface area contributed by atoms with E-state index in [-0.39, 0.29) is 12.1 Å². The third kappa shape index (κ3) is 5.91. The summed E-state index contributed by atoms with van der Waals surface area (Å²) in [6, 6.07) is 7.57. The zero-order valence-electron chi connectivity index (χ0n) is 19.3. The lowest BCUT2D eigenvalue weighted by Crippen LogP contribution is -2.35. The fourth-order valence-electron chi connectivity index (χ4n) is 4.20. The van der Waals surface area contributed by atoms with Crippen LogP contribution in [-0.4, -0.2) is 53.3 Å². The predicted molar refractivity (Wildman–Crippen MR) is 130 cm³/mol. The maximum absolute atomic E-state index is 11.1. The molecule has 1 unspecified atom stereocenters. The highest BCUT2D eigenvalue weighted by Gasteiger charge is 2.24. The average molecular weight is 483 g/mol. The van der Waals surface area contributed by atoms with E-state index in [0.29, 0.717) is 23.7 Å². The number of hydrogen-bond acceptors (Lipinski definition) is 8. The minimum absolute atomic E-state index is 0.172. The van der Waals surface area contributed by atoms with E-state index in [9.17, 15) is 9.46 Å². The van der Waals surface area contributed by atoms with Gasteiger partial charge in [0, 0.05) is 43.1 Å². The van der Waals surface area contributed by atoms with Crippen LogP contribution in [0, 0.1) is 5.92 Å². The van der Waals surface area contributed by atoms with E-state index >= 15 is 0 Å². The van der Waals surface area contributed by atoms with Gasteiger partial charge in [0.2, 0.25) is 0 Å². The molecule has 34 heavy (non-hydrogen) atoms. The van der Waals surface area contributed by atoms with E-state index < -0.39 is 7.60 Å². The summed E-state index contributed by atoms with van der Waals surface area (Å²) in [5.41, 5.74) is 1.68. The monoisotopic (exact) mass is 483 g/mol. The van der Waals surface area contributed by atoms with Gasteiger partial charge >= 0.3 is 0 Å². The summed E-state index contributed by atoms with van der Waals surface area (Å²) in [6.45, 7) is 1.46. The van der Waals surface area contributed by atoms with E-state index in [1.165, 1.54) is 0 Å². The number of hydrogen-bond donors (Lipinski definition) is 1.